The highest BCUT2D eigenvalue weighted by molar-refractivity contribution is 5.79. The molecule has 70 valence electrons. The van der Waals surface area contributed by atoms with E-state index >= 15 is 0 Å². The third-order valence-electron chi connectivity index (χ3n) is 1.69. The summed E-state index contributed by atoms with van der Waals surface area (Å²) in [5, 5.41) is 0. The van der Waals surface area contributed by atoms with Crippen molar-refractivity contribution >= 4 is 5.97 Å². The number of rotatable bonds is 2. The Morgan fingerprint density at radius 1 is 1.67 bits per heavy atom. The summed E-state index contributed by atoms with van der Waals surface area (Å²) in [5.74, 6) is -0.363. The summed E-state index contributed by atoms with van der Waals surface area (Å²) in [6.45, 7) is 4.43. The number of hydrogen-bond donors (Lipinski definition) is 1. The second-order valence-electron chi connectivity index (χ2n) is 3.61. The van der Waals surface area contributed by atoms with E-state index in [2.05, 4.69) is 0 Å². The van der Waals surface area contributed by atoms with Gasteiger partial charge in [-0.3, -0.25) is 4.79 Å². The van der Waals surface area contributed by atoms with Crippen LogP contribution in [0.15, 0.2) is 0 Å². The molecule has 1 rings (SSSR count). The van der Waals surface area contributed by atoms with Crippen LogP contribution in [0.25, 0.3) is 0 Å². The van der Waals surface area contributed by atoms with E-state index in [4.69, 9.17) is 15.2 Å². The molecule has 0 amide bonds. The van der Waals surface area contributed by atoms with E-state index in [-0.39, 0.29) is 12.1 Å². The zero-order valence-corrected chi connectivity index (χ0v) is 7.50. The van der Waals surface area contributed by atoms with Crippen LogP contribution in [0.4, 0.5) is 0 Å². The number of hydrogen-bond acceptors (Lipinski definition) is 4. The minimum Gasteiger partial charge on any atom is -0.458 e. The van der Waals surface area contributed by atoms with Crippen molar-refractivity contribution < 1.29 is 14.3 Å². The molecule has 0 spiro atoms. The minimum absolute atomic E-state index is 0.0969. The number of carbonyl (C=O) groups is 1. The molecule has 2 N–H and O–H groups in total. The molecule has 1 fully saturated rings. The van der Waals surface area contributed by atoms with Crippen molar-refractivity contribution in [1.29, 1.82) is 0 Å². The molecule has 4 nitrogen and oxygen atoms in total. The van der Waals surface area contributed by atoms with Crippen molar-refractivity contribution in [3.8, 4) is 0 Å². The Hall–Kier alpha value is -0.610. The van der Waals surface area contributed by atoms with Crippen LogP contribution >= 0.6 is 0 Å². The quantitative estimate of drug-likeness (QED) is 0.600. The van der Waals surface area contributed by atoms with E-state index in [0.29, 0.717) is 13.2 Å². The van der Waals surface area contributed by atoms with E-state index in [1.165, 1.54) is 0 Å². The molecule has 4 heteroatoms. The Morgan fingerprint density at radius 3 is 2.75 bits per heavy atom. The molecule has 1 unspecified atom stereocenters. The highest BCUT2D eigenvalue weighted by Gasteiger charge is 2.28. The van der Waals surface area contributed by atoms with Crippen LogP contribution in [0.5, 0.6) is 0 Å². The molecule has 0 radical (unpaired) electrons. The van der Waals surface area contributed by atoms with Gasteiger partial charge in [0.15, 0.2) is 0 Å². The van der Waals surface area contributed by atoms with Crippen LogP contribution in [0, 0.1) is 0 Å². The van der Waals surface area contributed by atoms with Gasteiger partial charge >= 0.3 is 5.97 Å². The molecule has 1 saturated heterocycles. The molecule has 1 aliphatic rings. The zero-order valence-electron chi connectivity index (χ0n) is 7.50. The topological polar surface area (TPSA) is 61.6 Å². The van der Waals surface area contributed by atoms with Crippen LogP contribution in [0.2, 0.25) is 0 Å². The number of carbonyl (C=O) groups excluding carboxylic acids is 1. The normalized spacial score (nSPS) is 24.1. The lowest BCUT2D eigenvalue weighted by Gasteiger charge is -2.19. The Balaban J connectivity index is 2.35. The van der Waals surface area contributed by atoms with Crippen molar-refractivity contribution in [2.45, 2.75) is 31.9 Å². The Bertz CT molecular complexity index is 168. The van der Waals surface area contributed by atoms with Gasteiger partial charge in [-0.1, -0.05) is 0 Å². The molecule has 1 atom stereocenters. The Labute approximate surface area is 72.0 Å². The lowest BCUT2D eigenvalue weighted by atomic mass is 10.1. The number of esters is 1. The lowest BCUT2D eigenvalue weighted by molar-refractivity contribution is -0.154. The van der Waals surface area contributed by atoms with Crippen molar-refractivity contribution in [3.05, 3.63) is 0 Å². The van der Waals surface area contributed by atoms with Gasteiger partial charge in [0, 0.05) is 6.42 Å². The number of ether oxygens (including phenoxy) is 2. The van der Waals surface area contributed by atoms with Gasteiger partial charge in [0.25, 0.3) is 0 Å². The van der Waals surface area contributed by atoms with Crippen LogP contribution < -0.4 is 5.73 Å². The molecule has 0 bridgehead atoms. The summed E-state index contributed by atoms with van der Waals surface area (Å²) in [4.78, 5) is 11.2. The summed E-state index contributed by atoms with van der Waals surface area (Å²) < 4.78 is 10.1. The zero-order chi connectivity index (χ0) is 9.19. The molecule has 0 aromatic carbocycles. The molecule has 1 heterocycles. The Morgan fingerprint density at radius 2 is 2.33 bits per heavy atom. The van der Waals surface area contributed by atoms with E-state index < -0.39 is 5.54 Å². The predicted molar refractivity (Wildman–Crippen MR) is 43.6 cm³/mol. The number of nitrogens with two attached hydrogens (primary N) is 1. The van der Waals surface area contributed by atoms with Crippen molar-refractivity contribution in [1.82, 2.24) is 0 Å². The van der Waals surface area contributed by atoms with Crippen LogP contribution in [0.3, 0.4) is 0 Å². The maximum absolute atomic E-state index is 11.2. The molecule has 1 aliphatic heterocycles. The van der Waals surface area contributed by atoms with Crippen molar-refractivity contribution in [2.24, 2.45) is 5.73 Å². The smallest absolute Gasteiger partial charge is 0.325 e. The van der Waals surface area contributed by atoms with Crippen molar-refractivity contribution in [3.63, 3.8) is 0 Å². The first-order valence-electron chi connectivity index (χ1n) is 4.08. The third-order valence-corrected chi connectivity index (χ3v) is 1.69. The second-order valence-corrected chi connectivity index (χ2v) is 3.61. The SMILES string of the molecule is CC(C)(N)C(=O)OC1CCOC1. The largest absolute Gasteiger partial charge is 0.458 e. The fraction of sp³-hybridized carbons (Fsp3) is 0.875. The third kappa shape index (κ3) is 2.46. The van der Waals surface area contributed by atoms with Crippen LogP contribution in [-0.4, -0.2) is 30.8 Å². The molecule has 0 aliphatic carbocycles. The molecule has 0 aromatic rings. The lowest BCUT2D eigenvalue weighted by Crippen LogP contribution is -2.44. The predicted octanol–water partition coefficient (Wildman–Crippen LogP) is 0.0558. The summed E-state index contributed by atoms with van der Waals surface area (Å²) in [7, 11) is 0. The average molecular weight is 173 g/mol. The first-order valence-corrected chi connectivity index (χ1v) is 4.08. The second kappa shape index (κ2) is 3.41. The molecule has 0 saturated carbocycles. The molecule has 12 heavy (non-hydrogen) atoms. The van der Waals surface area contributed by atoms with Gasteiger partial charge in [-0.05, 0) is 13.8 Å². The standard InChI is InChI=1S/C8H15NO3/c1-8(2,9)7(10)12-6-3-4-11-5-6/h6H,3-5,9H2,1-2H3. The summed E-state index contributed by atoms with van der Waals surface area (Å²) >= 11 is 0. The monoisotopic (exact) mass is 173 g/mol. The molecular formula is C8H15NO3. The Kier molecular flexibility index (Phi) is 2.69. The minimum atomic E-state index is -0.900. The summed E-state index contributed by atoms with van der Waals surface area (Å²) in [6, 6.07) is 0. The fourth-order valence-electron chi connectivity index (χ4n) is 0.909. The molecule has 0 aromatic heterocycles. The van der Waals surface area contributed by atoms with Crippen molar-refractivity contribution in [2.75, 3.05) is 13.2 Å². The van der Waals surface area contributed by atoms with Gasteiger partial charge < -0.3 is 15.2 Å². The summed E-state index contributed by atoms with van der Waals surface area (Å²) in [5.41, 5.74) is 4.64. The van der Waals surface area contributed by atoms with Gasteiger partial charge in [0.05, 0.1) is 13.2 Å². The van der Waals surface area contributed by atoms with Gasteiger partial charge in [-0.15, -0.1) is 0 Å². The van der Waals surface area contributed by atoms with Crippen LogP contribution in [-0.2, 0) is 14.3 Å². The first-order chi connectivity index (χ1) is 5.50. The maximum atomic E-state index is 11.2. The highest BCUT2D eigenvalue weighted by atomic mass is 16.6. The van der Waals surface area contributed by atoms with Gasteiger partial charge in [0.1, 0.15) is 11.6 Å². The summed E-state index contributed by atoms with van der Waals surface area (Å²) in [6.07, 6.45) is 0.683. The van der Waals surface area contributed by atoms with E-state index in [1.807, 2.05) is 0 Å². The van der Waals surface area contributed by atoms with Gasteiger partial charge in [-0.25, -0.2) is 0 Å². The van der Waals surface area contributed by atoms with E-state index in [9.17, 15) is 4.79 Å². The highest BCUT2D eigenvalue weighted by Crippen LogP contribution is 2.11. The van der Waals surface area contributed by atoms with E-state index in [1.54, 1.807) is 13.8 Å². The molecular weight excluding hydrogens is 158 g/mol. The maximum Gasteiger partial charge on any atom is 0.325 e. The van der Waals surface area contributed by atoms with Gasteiger partial charge in [0.2, 0.25) is 0 Å². The van der Waals surface area contributed by atoms with E-state index in [0.717, 1.165) is 6.42 Å². The van der Waals surface area contributed by atoms with Crippen LogP contribution in [0.1, 0.15) is 20.3 Å². The average Bonchev–Trinajstić information content (AvgIpc) is 2.37. The van der Waals surface area contributed by atoms with Gasteiger partial charge in [-0.2, -0.15) is 0 Å². The fourth-order valence-corrected chi connectivity index (χ4v) is 0.909. The first kappa shape index (κ1) is 9.48.